The van der Waals surface area contributed by atoms with Gasteiger partial charge in [-0.15, -0.1) is 10.2 Å². The van der Waals surface area contributed by atoms with Gasteiger partial charge in [0.15, 0.2) is 6.10 Å². The molecule has 0 N–H and O–H groups in total. The minimum absolute atomic E-state index is 0.0394. The number of ether oxygens (including phenoxy) is 2. The molecule has 1 aliphatic rings. The fraction of sp³-hybridized carbons (Fsp3) is 0.391. The standard InChI is InChI=1S/C23H26FN7O4/c1-29(2)10-4-5-21(32)34-14-17-13-31(23(33)35-17)16-7-8-18(19(24)11-16)15-6-9-20(25-12-15)22-26-28-30(3)27-22/h6-9,11-12,17H,4-5,10,13-14H2,1-3H3/t17-/m1/s1. The number of aromatic nitrogens is 5. The Balaban J connectivity index is 1.36. The van der Waals surface area contributed by atoms with E-state index in [4.69, 9.17) is 9.47 Å². The molecule has 0 bridgehead atoms. The second-order valence-corrected chi connectivity index (χ2v) is 8.40. The summed E-state index contributed by atoms with van der Waals surface area (Å²) in [6.45, 7) is 0.897. The highest BCUT2D eigenvalue weighted by atomic mass is 19.1. The number of aryl methyl sites for hydroxylation is 1. The van der Waals surface area contributed by atoms with E-state index in [-0.39, 0.29) is 19.1 Å². The number of halogens is 1. The van der Waals surface area contributed by atoms with Crippen LogP contribution in [0.5, 0.6) is 0 Å². The Morgan fingerprint density at radius 2 is 2.11 bits per heavy atom. The highest BCUT2D eigenvalue weighted by molar-refractivity contribution is 5.90. The van der Waals surface area contributed by atoms with Crippen LogP contribution in [0.4, 0.5) is 14.9 Å². The minimum atomic E-state index is -0.617. The molecule has 1 fully saturated rings. The second kappa shape index (κ2) is 10.6. The van der Waals surface area contributed by atoms with Crippen LogP contribution >= 0.6 is 0 Å². The van der Waals surface area contributed by atoms with Crippen molar-refractivity contribution < 1.29 is 23.5 Å². The second-order valence-electron chi connectivity index (χ2n) is 8.40. The van der Waals surface area contributed by atoms with Crippen molar-refractivity contribution in [2.75, 3.05) is 38.7 Å². The van der Waals surface area contributed by atoms with Crippen molar-refractivity contribution in [3.8, 4) is 22.6 Å². The number of carbonyl (C=O) groups excluding carboxylic acids is 2. The number of pyridine rings is 1. The normalized spacial score (nSPS) is 15.5. The van der Waals surface area contributed by atoms with Crippen molar-refractivity contribution in [2.24, 2.45) is 7.05 Å². The quantitative estimate of drug-likeness (QED) is 0.423. The van der Waals surface area contributed by atoms with Gasteiger partial charge in [-0.2, -0.15) is 4.80 Å². The topological polar surface area (TPSA) is 116 Å². The Kier molecular flexibility index (Phi) is 7.30. The molecule has 184 valence electrons. The maximum Gasteiger partial charge on any atom is 0.414 e. The van der Waals surface area contributed by atoms with E-state index in [1.165, 1.54) is 22.0 Å². The molecule has 1 atom stereocenters. The SMILES string of the molecule is CN(C)CCCC(=O)OC[C@H]1CN(c2ccc(-c3ccc(-c4nnn(C)n4)nc3)c(F)c2)C(=O)O1. The van der Waals surface area contributed by atoms with Crippen LogP contribution < -0.4 is 4.90 Å². The van der Waals surface area contributed by atoms with Crippen LogP contribution in [0.15, 0.2) is 36.5 Å². The highest BCUT2D eigenvalue weighted by Crippen LogP contribution is 2.29. The monoisotopic (exact) mass is 483 g/mol. The van der Waals surface area contributed by atoms with Gasteiger partial charge in [-0.1, -0.05) is 6.07 Å². The van der Waals surface area contributed by atoms with Crippen LogP contribution in [0.3, 0.4) is 0 Å². The van der Waals surface area contributed by atoms with E-state index in [1.54, 1.807) is 31.3 Å². The maximum atomic E-state index is 15.0. The Labute approximate surface area is 201 Å². The summed E-state index contributed by atoms with van der Waals surface area (Å²) >= 11 is 0. The van der Waals surface area contributed by atoms with Gasteiger partial charge < -0.3 is 14.4 Å². The van der Waals surface area contributed by atoms with E-state index < -0.39 is 18.0 Å². The summed E-state index contributed by atoms with van der Waals surface area (Å²) in [4.78, 5) is 33.1. The van der Waals surface area contributed by atoms with Crippen LogP contribution in [0.1, 0.15) is 12.8 Å². The zero-order valence-electron chi connectivity index (χ0n) is 19.7. The summed E-state index contributed by atoms with van der Waals surface area (Å²) in [5, 5.41) is 11.8. The summed E-state index contributed by atoms with van der Waals surface area (Å²) in [5.41, 5.74) is 1.76. The molecule has 3 heterocycles. The summed E-state index contributed by atoms with van der Waals surface area (Å²) in [6.07, 6.45) is 1.27. The van der Waals surface area contributed by atoms with Gasteiger partial charge in [0.05, 0.1) is 19.3 Å². The van der Waals surface area contributed by atoms with Crippen LogP contribution in [0, 0.1) is 5.82 Å². The average Bonchev–Trinajstić information content (AvgIpc) is 3.43. The first-order valence-electron chi connectivity index (χ1n) is 11.1. The third-order valence-electron chi connectivity index (χ3n) is 5.37. The number of amides is 1. The van der Waals surface area contributed by atoms with Crippen molar-refractivity contribution >= 4 is 17.7 Å². The van der Waals surface area contributed by atoms with Crippen LogP contribution in [0.25, 0.3) is 22.6 Å². The molecule has 0 unspecified atom stereocenters. The van der Waals surface area contributed by atoms with Gasteiger partial charge in [0, 0.05) is 23.7 Å². The summed E-state index contributed by atoms with van der Waals surface area (Å²) in [6, 6.07) is 7.87. The molecule has 3 aromatic rings. The predicted molar refractivity (Wildman–Crippen MR) is 124 cm³/mol. The Hall–Kier alpha value is -3.93. The molecule has 1 amide bonds. The van der Waals surface area contributed by atoms with Crippen molar-refractivity contribution in [3.63, 3.8) is 0 Å². The molecule has 0 aliphatic carbocycles. The maximum absolute atomic E-state index is 15.0. The molecular formula is C23H26FN7O4. The largest absolute Gasteiger partial charge is 0.462 e. The Morgan fingerprint density at radius 3 is 2.77 bits per heavy atom. The van der Waals surface area contributed by atoms with Gasteiger partial charge in [-0.25, -0.2) is 9.18 Å². The smallest absolute Gasteiger partial charge is 0.414 e. The first-order chi connectivity index (χ1) is 16.8. The number of hydrogen-bond donors (Lipinski definition) is 0. The van der Waals surface area contributed by atoms with Crippen molar-refractivity contribution in [3.05, 3.63) is 42.3 Å². The zero-order chi connectivity index (χ0) is 24.9. The van der Waals surface area contributed by atoms with Crippen LogP contribution in [-0.2, 0) is 21.3 Å². The van der Waals surface area contributed by atoms with Crippen LogP contribution in [-0.4, -0.2) is 82.0 Å². The molecule has 1 saturated heterocycles. The average molecular weight is 484 g/mol. The Morgan fingerprint density at radius 1 is 1.29 bits per heavy atom. The van der Waals surface area contributed by atoms with E-state index in [0.717, 1.165) is 6.54 Å². The molecule has 0 radical (unpaired) electrons. The number of nitrogens with zero attached hydrogens (tertiary/aromatic N) is 7. The van der Waals surface area contributed by atoms with Gasteiger partial charge in [-0.3, -0.25) is 14.7 Å². The van der Waals surface area contributed by atoms with E-state index in [1.807, 2.05) is 19.0 Å². The van der Waals surface area contributed by atoms with Crippen LogP contribution in [0.2, 0.25) is 0 Å². The lowest BCUT2D eigenvalue weighted by Gasteiger charge is -2.14. The summed E-state index contributed by atoms with van der Waals surface area (Å²) in [5.74, 6) is -0.485. The molecule has 2 aromatic heterocycles. The van der Waals surface area contributed by atoms with Gasteiger partial charge in [0.1, 0.15) is 18.1 Å². The third-order valence-corrected chi connectivity index (χ3v) is 5.37. The molecule has 1 aromatic carbocycles. The summed E-state index contributed by atoms with van der Waals surface area (Å²) < 4.78 is 25.5. The number of cyclic esters (lactones) is 1. The molecular weight excluding hydrogens is 457 g/mol. The number of hydrogen-bond acceptors (Lipinski definition) is 9. The number of anilines is 1. The van der Waals surface area contributed by atoms with Gasteiger partial charge in [0.25, 0.3) is 0 Å². The number of esters is 1. The lowest BCUT2D eigenvalue weighted by molar-refractivity contribution is -0.146. The number of rotatable bonds is 9. The molecule has 35 heavy (non-hydrogen) atoms. The van der Waals surface area contributed by atoms with Gasteiger partial charge >= 0.3 is 12.1 Å². The summed E-state index contributed by atoms with van der Waals surface area (Å²) in [7, 11) is 5.51. The molecule has 12 heteroatoms. The zero-order valence-corrected chi connectivity index (χ0v) is 19.7. The minimum Gasteiger partial charge on any atom is -0.462 e. The van der Waals surface area contributed by atoms with E-state index in [9.17, 15) is 14.0 Å². The van der Waals surface area contributed by atoms with E-state index >= 15 is 0 Å². The molecule has 4 rings (SSSR count). The molecule has 1 aliphatic heterocycles. The van der Waals surface area contributed by atoms with Gasteiger partial charge in [0.2, 0.25) is 5.82 Å². The fourth-order valence-corrected chi connectivity index (χ4v) is 3.59. The first kappa shape index (κ1) is 24.2. The van der Waals surface area contributed by atoms with Crippen molar-refractivity contribution in [2.45, 2.75) is 18.9 Å². The van der Waals surface area contributed by atoms with Crippen molar-refractivity contribution in [1.82, 2.24) is 30.1 Å². The van der Waals surface area contributed by atoms with E-state index in [0.29, 0.717) is 41.2 Å². The third kappa shape index (κ3) is 5.96. The van der Waals surface area contributed by atoms with E-state index in [2.05, 4.69) is 20.4 Å². The number of benzene rings is 1. The lowest BCUT2D eigenvalue weighted by Crippen LogP contribution is -2.26. The molecule has 0 spiro atoms. The number of carbonyl (C=O) groups is 2. The van der Waals surface area contributed by atoms with Crippen molar-refractivity contribution in [1.29, 1.82) is 0 Å². The predicted octanol–water partition coefficient (Wildman–Crippen LogP) is 2.29. The fourth-order valence-electron chi connectivity index (χ4n) is 3.59. The van der Waals surface area contributed by atoms with Gasteiger partial charge in [-0.05, 0) is 56.5 Å². The Bertz CT molecular complexity index is 1200. The number of tetrazole rings is 1. The highest BCUT2D eigenvalue weighted by Gasteiger charge is 2.33. The first-order valence-corrected chi connectivity index (χ1v) is 11.1. The molecule has 0 saturated carbocycles. The lowest BCUT2D eigenvalue weighted by atomic mass is 10.1. The molecule has 11 nitrogen and oxygen atoms in total.